The number of hydrogen-bond acceptors (Lipinski definition) is 3. The zero-order chi connectivity index (χ0) is 18.0. The number of primary amides is 1. The van der Waals surface area contributed by atoms with Crippen molar-refractivity contribution in [3.63, 3.8) is 0 Å². The third-order valence-electron chi connectivity index (χ3n) is 4.97. The summed E-state index contributed by atoms with van der Waals surface area (Å²) in [5, 5.41) is 18.5. The lowest BCUT2D eigenvalue weighted by Crippen LogP contribution is -2.31. The van der Waals surface area contributed by atoms with Crippen molar-refractivity contribution in [1.82, 2.24) is 10.2 Å². The molecule has 134 valence electrons. The Labute approximate surface area is 152 Å². The number of H-pyrrole nitrogens is 1. The smallest absolute Gasteiger partial charge is 0.250 e. The summed E-state index contributed by atoms with van der Waals surface area (Å²) in [6.07, 6.45) is 6.24. The first-order chi connectivity index (χ1) is 11.9. The second-order valence-electron chi connectivity index (χ2n) is 7.11. The van der Waals surface area contributed by atoms with Crippen molar-refractivity contribution < 1.29 is 9.90 Å². The molecule has 0 spiro atoms. The van der Waals surface area contributed by atoms with Crippen LogP contribution in [-0.2, 0) is 6.42 Å². The molecule has 1 amide bonds. The predicted octanol–water partition coefficient (Wildman–Crippen LogP) is 3.77. The van der Waals surface area contributed by atoms with E-state index in [9.17, 15) is 9.90 Å². The fraction of sp³-hybridized carbons (Fsp3) is 0.474. The zero-order valence-electron chi connectivity index (χ0n) is 14.4. The molecule has 6 heteroatoms. The minimum Gasteiger partial charge on any atom is -0.390 e. The number of benzene rings is 1. The van der Waals surface area contributed by atoms with Gasteiger partial charge in [-0.1, -0.05) is 37.3 Å². The van der Waals surface area contributed by atoms with Crippen molar-refractivity contribution in [2.24, 2.45) is 5.73 Å². The molecule has 1 aliphatic rings. The highest BCUT2D eigenvalue weighted by Gasteiger charge is 2.30. The molecule has 0 aliphatic heterocycles. The van der Waals surface area contributed by atoms with Gasteiger partial charge < -0.3 is 10.8 Å². The molecular weight excluding hydrogens is 338 g/mol. The summed E-state index contributed by atoms with van der Waals surface area (Å²) in [7, 11) is 0. The molecule has 0 unspecified atom stereocenters. The number of carbonyl (C=O) groups excluding carboxylic acids is 1. The Hall–Kier alpha value is -1.85. The van der Waals surface area contributed by atoms with E-state index in [4.69, 9.17) is 17.3 Å². The summed E-state index contributed by atoms with van der Waals surface area (Å²) >= 11 is 6.45. The van der Waals surface area contributed by atoms with E-state index in [-0.39, 0.29) is 5.56 Å². The maximum atomic E-state index is 11.8. The number of aliphatic hydroxyl groups is 1. The summed E-state index contributed by atoms with van der Waals surface area (Å²) in [5.41, 5.74) is 8.17. The Morgan fingerprint density at radius 1 is 1.28 bits per heavy atom. The van der Waals surface area contributed by atoms with Gasteiger partial charge >= 0.3 is 0 Å². The van der Waals surface area contributed by atoms with Gasteiger partial charge in [0.25, 0.3) is 0 Å². The van der Waals surface area contributed by atoms with Crippen LogP contribution in [0.25, 0.3) is 11.3 Å². The molecule has 1 fully saturated rings. The van der Waals surface area contributed by atoms with Crippen LogP contribution in [0.15, 0.2) is 18.2 Å². The molecule has 0 bridgehead atoms. The molecule has 4 N–H and O–H groups in total. The number of hydrogen-bond donors (Lipinski definition) is 3. The Bertz CT molecular complexity index is 777. The molecule has 1 saturated carbocycles. The van der Waals surface area contributed by atoms with E-state index in [1.54, 1.807) is 6.07 Å². The lowest BCUT2D eigenvalue weighted by atomic mass is 9.86. The summed E-state index contributed by atoms with van der Waals surface area (Å²) in [5.74, 6) is -0.576. The Morgan fingerprint density at radius 3 is 2.52 bits per heavy atom. The fourth-order valence-corrected chi connectivity index (χ4v) is 3.89. The number of aromatic nitrogens is 2. The summed E-state index contributed by atoms with van der Waals surface area (Å²) in [6.45, 7) is 1.91. The van der Waals surface area contributed by atoms with Gasteiger partial charge in [-0.3, -0.25) is 9.89 Å². The van der Waals surface area contributed by atoms with E-state index in [0.717, 1.165) is 61.0 Å². The third-order valence-corrected chi connectivity index (χ3v) is 5.42. The monoisotopic (exact) mass is 361 g/mol. The quantitative estimate of drug-likeness (QED) is 0.724. The van der Waals surface area contributed by atoms with Gasteiger partial charge in [0.2, 0.25) is 5.91 Å². The van der Waals surface area contributed by atoms with Crippen LogP contribution in [0.2, 0.25) is 5.02 Å². The number of aromatic amines is 1. The van der Waals surface area contributed by atoms with Crippen LogP contribution in [0, 0.1) is 6.92 Å². The second kappa shape index (κ2) is 7.18. The number of amides is 1. The van der Waals surface area contributed by atoms with Crippen molar-refractivity contribution in [3.05, 3.63) is 40.0 Å². The van der Waals surface area contributed by atoms with Crippen LogP contribution >= 0.6 is 11.6 Å². The maximum Gasteiger partial charge on any atom is 0.250 e. The Morgan fingerprint density at radius 2 is 1.96 bits per heavy atom. The van der Waals surface area contributed by atoms with Crippen LogP contribution < -0.4 is 5.73 Å². The molecule has 25 heavy (non-hydrogen) atoms. The van der Waals surface area contributed by atoms with Gasteiger partial charge in [-0.2, -0.15) is 5.10 Å². The van der Waals surface area contributed by atoms with Gasteiger partial charge in [0, 0.05) is 17.7 Å². The number of rotatable bonds is 4. The van der Waals surface area contributed by atoms with E-state index in [0.29, 0.717) is 11.4 Å². The highest BCUT2D eigenvalue weighted by atomic mass is 35.5. The molecule has 1 aromatic carbocycles. The highest BCUT2D eigenvalue weighted by Crippen LogP contribution is 2.35. The standard InChI is InChI=1S/C19H24ClN3O2/c1-12-8-16(23-22-12)13-9-14(17(20)15(10-13)18(21)24)11-19(25)6-4-2-3-5-7-19/h8-10,25H,2-7,11H2,1H3,(H2,21,24)(H,22,23). The number of nitrogens with two attached hydrogens (primary N) is 1. The van der Waals surface area contributed by atoms with Crippen LogP contribution in [0.4, 0.5) is 0 Å². The predicted molar refractivity (Wildman–Crippen MR) is 98.6 cm³/mol. The number of nitrogens with zero attached hydrogens (tertiary/aromatic N) is 1. The van der Waals surface area contributed by atoms with Gasteiger partial charge in [0.05, 0.1) is 21.9 Å². The first-order valence-corrected chi connectivity index (χ1v) is 9.13. The summed E-state index contributed by atoms with van der Waals surface area (Å²) in [6, 6.07) is 5.48. The van der Waals surface area contributed by atoms with Gasteiger partial charge in [-0.25, -0.2) is 0 Å². The molecule has 3 rings (SSSR count). The van der Waals surface area contributed by atoms with Gasteiger partial charge in [-0.05, 0) is 43.5 Å². The minimum atomic E-state index is -0.783. The summed E-state index contributed by atoms with van der Waals surface area (Å²) in [4.78, 5) is 11.8. The molecule has 0 radical (unpaired) electrons. The molecule has 1 aliphatic carbocycles. The average molecular weight is 362 g/mol. The summed E-state index contributed by atoms with van der Waals surface area (Å²) < 4.78 is 0. The SMILES string of the molecule is Cc1cc(-c2cc(CC3(O)CCCCCC3)c(Cl)c(C(N)=O)c2)n[nH]1. The molecule has 0 atom stereocenters. The van der Waals surface area contributed by atoms with Gasteiger partial charge in [-0.15, -0.1) is 0 Å². The second-order valence-corrected chi connectivity index (χ2v) is 7.49. The van der Waals surface area contributed by atoms with Crippen molar-refractivity contribution >= 4 is 17.5 Å². The first kappa shape index (κ1) is 18.0. The van der Waals surface area contributed by atoms with Crippen LogP contribution in [0.1, 0.15) is 60.1 Å². The largest absolute Gasteiger partial charge is 0.390 e. The maximum absolute atomic E-state index is 11.8. The topological polar surface area (TPSA) is 92.0 Å². The van der Waals surface area contributed by atoms with Crippen LogP contribution in [0.3, 0.4) is 0 Å². The normalized spacial score (nSPS) is 17.2. The third kappa shape index (κ3) is 4.05. The van der Waals surface area contributed by atoms with Gasteiger partial charge in [0.15, 0.2) is 0 Å². The number of carbonyl (C=O) groups is 1. The lowest BCUT2D eigenvalue weighted by Gasteiger charge is -2.27. The molecule has 0 saturated heterocycles. The van der Waals surface area contributed by atoms with E-state index in [1.807, 2.05) is 19.1 Å². The van der Waals surface area contributed by atoms with Crippen molar-refractivity contribution in [2.45, 2.75) is 57.5 Å². The van der Waals surface area contributed by atoms with Gasteiger partial charge in [0.1, 0.15) is 0 Å². The number of aryl methyl sites for hydroxylation is 1. The fourth-order valence-electron chi connectivity index (χ4n) is 3.62. The zero-order valence-corrected chi connectivity index (χ0v) is 15.2. The van der Waals surface area contributed by atoms with E-state index in [1.165, 1.54) is 0 Å². The number of nitrogens with one attached hydrogen (secondary N) is 1. The molecule has 1 heterocycles. The molecular formula is C19H24ClN3O2. The molecule has 2 aromatic rings. The molecule has 5 nitrogen and oxygen atoms in total. The lowest BCUT2D eigenvalue weighted by molar-refractivity contribution is 0.0252. The first-order valence-electron chi connectivity index (χ1n) is 8.75. The van der Waals surface area contributed by atoms with E-state index in [2.05, 4.69) is 10.2 Å². The Kier molecular flexibility index (Phi) is 5.16. The highest BCUT2D eigenvalue weighted by molar-refractivity contribution is 6.34. The molecule has 1 aromatic heterocycles. The van der Waals surface area contributed by atoms with Crippen molar-refractivity contribution in [3.8, 4) is 11.3 Å². The average Bonchev–Trinajstić information content (AvgIpc) is 2.87. The Balaban J connectivity index is 2.02. The van der Waals surface area contributed by atoms with Crippen LogP contribution in [0.5, 0.6) is 0 Å². The van der Waals surface area contributed by atoms with Crippen molar-refractivity contribution in [2.75, 3.05) is 0 Å². The van der Waals surface area contributed by atoms with Crippen LogP contribution in [-0.4, -0.2) is 26.8 Å². The minimum absolute atomic E-state index is 0.270. The van der Waals surface area contributed by atoms with E-state index < -0.39 is 11.5 Å². The van der Waals surface area contributed by atoms with Crippen molar-refractivity contribution in [1.29, 1.82) is 0 Å². The number of halogens is 1. The van der Waals surface area contributed by atoms with E-state index >= 15 is 0 Å².